The first-order valence-electron chi connectivity index (χ1n) is 6.13. The summed E-state index contributed by atoms with van der Waals surface area (Å²) in [4.78, 5) is 0. The van der Waals surface area contributed by atoms with Gasteiger partial charge in [0, 0.05) is 17.8 Å². The van der Waals surface area contributed by atoms with E-state index in [0.717, 1.165) is 12.2 Å². The number of aryl methyl sites for hydroxylation is 2. The van der Waals surface area contributed by atoms with Gasteiger partial charge in [-0.15, -0.1) is 0 Å². The maximum absolute atomic E-state index is 13.4. The third-order valence-corrected chi connectivity index (χ3v) is 3.37. The minimum Gasteiger partial charge on any atom is -0.381 e. The Morgan fingerprint density at radius 2 is 1.56 bits per heavy atom. The Hall–Kier alpha value is -1.83. The van der Waals surface area contributed by atoms with Gasteiger partial charge in [-0.1, -0.05) is 24.3 Å². The molecule has 0 aromatic heterocycles. The van der Waals surface area contributed by atoms with Gasteiger partial charge in [0.1, 0.15) is 5.82 Å². The van der Waals surface area contributed by atoms with Gasteiger partial charge in [-0.2, -0.15) is 0 Å². The van der Waals surface area contributed by atoms with Crippen molar-refractivity contribution in [3.8, 4) is 0 Å². The van der Waals surface area contributed by atoms with Crippen LogP contribution < -0.4 is 5.32 Å². The number of hydrogen-bond acceptors (Lipinski definition) is 1. The molecule has 0 unspecified atom stereocenters. The van der Waals surface area contributed by atoms with E-state index in [1.54, 1.807) is 13.0 Å². The van der Waals surface area contributed by atoms with Crippen LogP contribution in [0.25, 0.3) is 0 Å². The normalized spacial score (nSPS) is 10.4. The number of rotatable bonds is 3. The van der Waals surface area contributed by atoms with Crippen LogP contribution in [0.5, 0.6) is 0 Å². The highest BCUT2D eigenvalue weighted by atomic mass is 19.1. The summed E-state index contributed by atoms with van der Waals surface area (Å²) >= 11 is 0. The number of halogens is 1. The molecule has 0 spiro atoms. The van der Waals surface area contributed by atoms with Crippen LogP contribution in [0.4, 0.5) is 10.1 Å². The predicted molar refractivity (Wildman–Crippen MR) is 74.4 cm³/mol. The summed E-state index contributed by atoms with van der Waals surface area (Å²) in [7, 11) is 0. The fourth-order valence-electron chi connectivity index (χ4n) is 2.11. The lowest BCUT2D eigenvalue weighted by molar-refractivity contribution is 0.619. The van der Waals surface area contributed by atoms with Gasteiger partial charge in [0.2, 0.25) is 0 Å². The van der Waals surface area contributed by atoms with Gasteiger partial charge in [-0.05, 0) is 49.6 Å². The highest BCUT2D eigenvalue weighted by Gasteiger charge is 2.05. The van der Waals surface area contributed by atoms with Crippen molar-refractivity contribution in [3.63, 3.8) is 0 Å². The highest BCUT2D eigenvalue weighted by molar-refractivity contribution is 5.52. The first kappa shape index (κ1) is 12.6. The second kappa shape index (κ2) is 5.21. The Morgan fingerprint density at radius 3 is 2.22 bits per heavy atom. The Kier molecular flexibility index (Phi) is 3.66. The average molecular weight is 243 g/mol. The third kappa shape index (κ3) is 2.53. The first-order chi connectivity index (χ1) is 8.59. The molecular formula is C16H18FN. The zero-order valence-electron chi connectivity index (χ0n) is 11.0. The van der Waals surface area contributed by atoms with E-state index in [4.69, 9.17) is 0 Å². The van der Waals surface area contributed by atoms with E-state index in [2.05, 4.69) is 37.4 Å². The molecule has 0 aliphatic heterocycles. The molecule has 2 heteroatoms. The standard InChI is InChI=1S/C16H18FN/c1-11-6-4-7-12(2)14(11)10-18-16-9-5-8-15(17)13(16)3/h4-9,18H,10H2,1-3H3. The maximum atomic E-state index is 13.4. The van der Waals surface area contributed by atoms with Crippen molar-refractivity contribution in [1.82, 2.24) is 0 Å². The molecule has 18 heavy (non-hydrogen) atoms. The van der Waals surface area contributed by atoms with Gasteiger partial charge < -0.3 is 5.32 Å². The average Bonchev–Trinajstić information content (AvgIpc) is 2.33. The van der Waals surface area contributed by atoms with E-state index in [1.165, 1.54) is 22.8 Å². The van der Waals surface area contributed by atoms with E-state index in [9.17, 15) is 4.39 Å². The zero-order chi connectivity index (χ0) is 13.1. The largest absolute Gasteiger partial charge is 0.381 e. The van der Waals surface area contributed by atoms with Crippen molar-refractivity contribution in [2.45, 2.75) is 27.3 Å². The summed E-state index contributed by atoms with van der Waals surface area (Å²) in [6.07, 6.45) is 0. The number of hydrogen-bond donors (Lipinski definition) is 1. The summed E-state index contributed by atoms with van der Waals surface area (Å²) in [5.41, 5.74) is 5.33. The van der Waals surface area contributed by atoms with Crippen molar-refractivity contribution in [2.75, 3.05) is 5.32 Å². The van der Waals surface area contributed by atoms with Crippen molar-refractivity contribution in [2.24, 2.45) is 0 Å². The molecule has 0 aliphatic rings. The summed E-state index contributed by atoms with van der Waals surface area (Å²) in [6.45, 7) is 6.72. The Balaban J connectivity index is 2.19. The summed E-state index contributed by atoms with van der Waals surface area (Å²) in [6, 6.07) is 11.4. The number of nitrogens with one attached hydrogen (secondary N) is 1. The monoisotopic (exact) mass is 243 g/mol. The van der Waals surface area contributed by atoms with Gasteiger partial charge >= 0.3 is 0 Å². The third-order valence-electron chi connectivity index (χ3n) is 3.37. The molecule has 2 aromatic rings. The molecule has 2 rings (SSSR count). The minimum absolute atomic E-state index is 0.165. The van der Waals surface area contributed by atoms with Crippen LogP contribution in [0.2, 0.25) is 0 Å². The lowest BCUT2D eigenvalue weighted by Crippen LogP contribution is -2.05. The van der Waals surface area contributed by atoms with Crippen molar-refractivity contribution in [3.05, 3.63) is 64.5 Å². The van der Waals surface area contributed by atoms with Crippen LogP contribution in [0.1, 0.15) is 22.3 Å². The van der Waals surface area contributed by atoms with E-state index in [0.29, 0.717) is 5.56 Å². The van der Waals surface area contributed by atoms with Crippen LogP contribution >= 0.6 is 0 Å². The van der Waals surface area contributed by atoms with Crippen LogP contribution in [0.3, 0.4) is 0 Å². The fourth-order valence-corrected chi connectivity index (χ4v) is 2.11. The van der Waals surface area contributed by atoms with Gasteiger partial charge in [0.05, 0.1) is 0 Å². The molecule has 0 atom stereocenters. The van der Waals surface area contributed by atoms with Gasteiger partial charge in [-0.3, -0.25) is 0 Å². The Bertz CT molecular complexity index is 541. The molecule has 0 heterocycles. The Morgan fingerprint density at radius 1 is 0.944 bits per heavy atom. The predicted octanol–water partition coefficient (Wildman–Crippen LogP) is 4.36. The first-order valence-corrected chi connectivity index (χ1v) is 6.13. The van der Waals surface area contributed by atoms with Gasteiger partial charge in [0.15, 0.2) is 0 Å². The van der Waals surface area contributed by atoms with Gasteiger partial charge in [-0.25, -0.2) is 4.39 Å². The molecule has 1 nitrogen and oxygen atoms in total. The summed E-state index contributed by atoms with van der Waals surface area (Å²) in [5.74, 6) is -0.165. The van der Waals surface area contributed by atoms with Crippen molar-refractivity contribution >= 4 is 5.69 Å². The molecule has 0 fully saturated rings. The molecule has 0 amide bonds. The summed E-state index contributed by atoms with van der Waals surface area (Å²) < 4.78 is 13.4. The molecular weight excluding hydrogens is 225 g/mol. The lowest BCUT2D eigenvalue weighted by atomic mass is 10.0. The topological polar surface area (TPSA) is 12.0 Å². The van der Waals surface area contributed by atoms with E-state index >= 15 is 0 Å². The molecule has 0 bridgehead atoms. The Labute approximate surface area is 108 Å². The molecule has 94 valence electrons. The van der Waals surface area contributed by atoms with Crippen LogP contribution in [-0.4, -0.2) is 0 Å². The molecule has 0 aliphatic carbocycles. The van der Waals surface area contributed by atoms with Gasteiger partial charge in [0.25, 0.3) is 0 Å². The van der Waals surface area contributed by atoms with Crippen LogP contribution in [0.15, 0.2) is 36.4 Å². The highest BCUT2D eigenvalue weighted by Crippen LogP contribution is 2.20. The molecule has 1 N–H and O–H groups in total. The fraction of sp³-hybridized carbons (Fsp3) is 0.250. The lowest BCUT2D eigenvalue weighted by Gasteiger charge is -2.13. The second-order valence-corrected chi connectivity index (χ2v) is 4.64. The molecule has 0 radical (unpaired) electrons. The quantitative estimate of drug-likeness (QED) is 0.844. The van der Waals surface area contributed by atoms with E-state index in [-0.39, 0.29) is 5.82 Å². The van der Waals surface area contributed by atoms with E-state index < -0.39 is 0 Å². The smallest absolute Gasteiger partial charge is 0.128 e. The number of benzene rings is 2. The van der Waals surface area contributed by atoms with Crippen molar-refractivity contribution < 1.29 is 4.39 Å². The molecule has 2 aromatic carbocycles. The van der Waals surface area contributed by atoms with Crippen molar-refractivity contribution in [1.29, 1.82) is 0 Å². The number of anilines is 1. The van der Waals surface area contributed by atoms with Crippen LogP contribution in [-0.2, 0) is 6.54 Å². The summed E-state index contributed by atoms with van der Waals surface area (Å²) in [5, 5.41) is 3.31. The van der Waals surface area contributed by atoms with E-state index in [1.807, 2.05) is 6.07 Å². The van der Waals surface area contributed by atoms with Crippen LogP contribution in [0, 0.1) is 26.6 Å². The molecule has 0 saturated heterocycles. The minimum atomic E-state index is -0.165. The zero-order valence-corrected chi connectivity index (χ0v) is 11.0. The SMILES string of the molecule is Cc1cccc(C)c1CNc1cccc(F)c1C. The maximum Gasteiger partial charge on any atom is 0.128 e. The second-order valence-electron chi connectivity index (χ2n) is 4.64. The molecule has 0 saturated carbocycles.